The van der Waals surface area contributed by atoms with Crippen molar-refractivity contribution in [2.75, 3.05) is 0 Å². The maximum atomic E-state index is 10.9. The second kappa shape index (κ2) is 5.56. The van der Waals surface area contributed by atoms with Crippen LogP contribution in [0.25, 0.3) is 10.2 Å². The molecule has 1 aromatic heterocycles. The molecule has 0 unspecified atom stereocenters. The van der Waals surface area contributed by atoms with Crippen LogP contribution < -0.4 is 4.57 Å². The Morgan fingerprint density at radius 1 is 1.05 bits per heavy atom. The fourth-order valence-corrected chi connectivity index (χ4v) is 3.40. The van der Waals surface area contributed by atoms with Crippen LogP contribution in [0.1, 0.15) is 0 Å². The van der Waals surface area contributed by atoms with E-state index in [0.29, 0.717) is 5.69 Å². The smallest absolute Gasteiger partial charge is 0.409 e. The highest BCUT2D eigenvalue weighted by Gasteiger charge is 2.15. The molecule has 0 spiro atoms. The third-order valence-corrected chi connectivity index (χ3v) is 5.04. The standard InChI is InChI=1S/C14H11N3O3S2/c1-17-12-4-2-3-5-13(12)21-14(17)16-15-10-6-8-11(9-7-10)22(18,19)20/h2-9H,1H3. The molecule has 1 heterocycles. The number of hydrogen-bond donors (Lipinski definition) is 0. The molecule has 22 heavy (non-hydrogen) atoms. The lowest BCUT2D eigenvalue weighted by atomic mass is 10.3. The van der Waals surface area contributed by atoms with E-state index in [-0.39, 0.29) is 4.90 Å². The summed E-state index contributed by atoms with van der Waals surface area (Å²) in [5.74, 6) is 0. The fraction of sp³-hybridized carbons (Fsp3) is 0.0714. The summed E-state index contributed by atoms with van der Waals surface area (Å²) >= 11 is 1.51. The van der Waals surface area contributed by atoms with Crippen molar-refractivity contribution in [2.45, 2.75) is 4.90 Å². The van der Waals surface area contributed by atoms with E-state index in [0.717, 1.165) is 15.3 Å². The Morgan fingerprint density at radius 3 is 2.36 bits per heavy atom. The average molecular weight is 333 g/mol. The van der Waals surface area contributed by atoms with E-state index < -0.39 is 10.1 Å². The first kappa shape index (κ1) is 14.8. The van der Waals surface area contributed by atoms with Crippen molar-refractivity contribution in [1.82, 2.24) is 0 Å². The molecular formula is C14H11N3O3S2. The van der Waals surface area contributed by atoms with Crippen LogP contribution in [0.3, 0.4) is 0 Å². The van der Waals surface area contributed by atoms with Crippen LogP contribution in [0, 0.1) is 0 Å². The number of aromatic nitrogens is 1. The SMILES string of the molecule is C[n+]1c(N=Nc2ccc(S(=O)(=O)[O-])cc2)sc2ccccc21. The van der Waals surface area contributed by atoms with Crippen molar-refractivity contribution in [3.63, 3.8) is 0 Å². The van der Waals surface area contributed by atoms with Crippen molar-refractivity contribution in [3.8, 4) is 0 Å². The van der Waals surface area contributed by atoms with Crippen molar-refractivity contribution in [1.29, 1.82) is 0 Å². The number of para-hydroxylation sites is 1. The van der Waals surface area contributed by atoms with Crippen molar-refractivity contribution in [3.05, 3.63) is 48.5 Å². The molecule has 2 aromatic carbocycles. The summed E-state index contributed by atoms with van der Waals surface area (Å²) in [6, 6.07) is 13.3. The van der Waals surface area contributed by atoms with Crippen LogP contribution in [0.5, 0.6) is 0 Å². The Kier molecular flexibility index (Phi) is 3.73. The molecule has 0 N–H and O–H groups in total. The van der Waals surface area contributed by atoms with E-state index in [1.165, 1.54) is 35.6 Å². The Morgan fingerprint density at radius 2 is 1.73 bits per heavy atom. The van der Waals surface area contributed by atoms with Crippen LogP contribution in [0.4, 0.5) is 10.8 Å². The van der Waals surface area contributed by atoms with Gasteiger partial charge in [0.05, 0.1) is 21.8 Å². The van der Waals surface area contributed by atoms with Crippen LogP contribution >= 0.6 is 11.3 Å². The maximum Gasteiger partial charge on any atom is 0.409 e. The lowest BCUT2D eigenvalue weighted by Crippen LogP contribution is -2.25. The second-order valence-electron chi connectivity index (χ2n) is 4.56. The van der Waals surface area contributed by atoms with E-state index in [9.17, 15) is 13.0 Å². The lowest BCUT2D eigenvalue weighted by molar-refractivity contribution is -0.627. The van der Waals surface area contributed by atoms with Gasteiger partial charge in [0, 0.05) is 0 Å². The maximum absolute atomic E-state index is 10.9. The Labute approximate surface area is 131 Å². The zero-order valence-electron chi connectivity index (χ0n) is 11.5. The number of rotatable bonds is 3. The van der Waals surface area contributed by atoms with Crippen molar-refractivity contribution >= 4 is 42.5 Å². The molecule has 6 nitrogen and oxygen atoms in total. The first-order valence-electron chi connectivity index (χ1n) is 6.30. The molecule has 3 aromatic rings. The summed E-state index contributed by atoms with van der Waals surface area (Å²) in [4.78, 5) is -0.279. The molecule has 112 valence electrons. The molecule has 3 rings (SSSR count). The predicted molar refractivity (Wildman–Crippen MR) is 81.6 cm³/mol. The molecule has 0 radical (unpaired) electrons. The Hall–Kier alpha value is -2.16. The van der Waals surface area contributed by atoms with E-state index in [2.05, 4.69) is 10.2 Å². The quantitative estimate of drug-likeness (QED) is 0.419. The molecular weight excluding hydrogens is 322 g/mol. The fourth-order valence-electron chi connectivity index (χ4n) is 1.96. The van der Waals surface area contributed by atoms with Gasteiger partial charge in [-0.1, -0.05) is 12.1 Å². The van der Waals surface area contributed by atoms with E-state index >= 15 is 0 Å². The third kappa shape index (κ3) is 2.89. The van der Waals surface area contributed by atoms with Gasteiger partial charge >= 0.3 is 5.13 Å². The minimum absolute atomic E-state index is 0.279. The second-order valence-corrected chi connectivity index (χ2v) is 6.95. The molecule has 0 aliphatic rings. The number of fused-ring (bicyclic) bond motifs is 1. The summed E-state index contributed by atoms with van der Waals surface area (Å²) < 4.78 is 35.6. The zero-order chi connectivity index (χ0) is 15.7. The summed E-state index contributed by atoms with van der Waals surface area (Å²) in [7, 11) is -2.53. The summed E-state index contributed by atoms with van der Waals surface area (Å²) in [6.07, 6.45) is 0. The van der Waals surface area contributed by atoms with Gasteiger partial charge in [-0.2, -0.15) is 0 Å². The summed E-state index contributed by atoms with van der Waals surface area (Å²) in [5, 5.41) is 8.98. The molecule has 0 fully saturated rings. The minimum atomic E-state index is -4.44. The topological polar surface area (TPSA) is 85.8 Å². The van der Waals surface area contributed by atoms with E-state index in [4.69, 9.17) is 0 Å². The van der Waals surface area contributed by atoms with Gasteiger partial charge in [0.15, 0.2) is 0 Å². The summed E-state index contributed by atoms with van der Waals surface area (Å²) in [6.45, 7) is 0. The lowest BCUT2D eigenvalue weighted by Gasteiger charge is -2.05. The molecule has 0 saturated heterocycles. The first-order valence-corrected chi connectivity index (χ1v) is 8.53. The third-order valence-electron chi connectivity index (χ3n) is 3.09. The number of hydrogen-bond acceptors (Lipinski definition) is 6. The predicted octanol–water partition coefficient (Wildman–Crippen LogP) is 3.05. The Bertz CT molecular complexity index is 961. The molecule has 0 saturated carbocycles. The highest BCUT2D eigenvalue weighted by atomic mass is 32.2. The van der Waals surface area contributed by atoms with E-state index in [1.807, 2.05) is 35.9 Å². The van der Waals surface area contributed by atoms with Crippen LogP contribution in [-0.4, -0.2) is 13.0 Å². The summed E-state index contributed by atoms with van der Waals surface area (Å²) in [5.41, 5.74) is 1.54. The van der Waals surface area contributed by atoms with Gasteiger partial charge in [0.25, 0.3) is 0 Å². The average Bonchev–Trinajstić information content (AvgIpc) is 2.82. The molecule has 0 aliphatic heterocycles. The normalized spacial score (nSPS) is 12.3. The largest absolute Gasteiger partial charge is 0.744 e. The van der Waals surface area contributed by atoms with Gasteiger partial charge in [-0.3, -0.25) is 0 Å². The highest BCUT2D eigenvalue weighted by Crippen LogP contribution is 2.27. The number of benzene rings is 2. The Balaban J connectivity index is 1.91. The van der Waals surface area contributed by atoms with Gasteiger partial charge in [-0.05, 0) is 52.8 Å². The zero-order valence-corrected chi connectivity index (χ0v) is 13.1. The van der Waals surface area contributed by atoms with Gasteiger partial charge in [-0.15, -0.1) is 0 Å². The number of nitrogens with zero attached hydrogens (tertiary/aromatic N) is 3. The van der Waals surface area contributed by atoms with Crippen LogP contribution in [-0.2, 0) is 17.2 Å². The van der Waals surface area contributed by atoms with E-state index in [1.54, 1.807) is 0 Å². The highest BCUT2D eigenvalue weighted by molar-refractivity contribution is 7.85. The molecule has 0 atom stereocenters. The van der Waals surface area contributed by atoms with Gasteiger partial charge in [0.2, 0.25) is 0 Å². The van der Waals surface area contributed by atoms with Crippen LogP contribution in [0.2, 0.25) is 0 Å². The van der Waals surface area contributed by atoms with Crippen LogP contribution in [0.15, 0.2) is 63.7 Å². The molecule has 0 aliphatic carbocycles. The van der Waals surface area contributed by atoms with Gasteiger partial charge < -0.3 is 4.55 Å². The number of thiazole rings is 1. The molecule has 0 amide bonds. The molecule has 8 heteroatoms. The minimum Gasteiger partial charge on any atom is -0.744 e. The first-order chi connectivity index (χ1) is 10.4. The molecule has 0 bridgehead atoms. The van der Waals surface area contributed by atoms with Gasteiger partial charge in [0.1, 0.15) is 21.3 Å². The number of aryl methyl sites for hydroxylation is 1. The monoisotopic (exact) mass is 333 g/mol. The van der Waals surface area contributed by atoms with Gasteiger partial charge in [-0.25, -0.2) is 13.0 Å². The number of azo groups is 1. The van der Waals surface area contributed by atoms with Crippen molar-refractivity contribution < 1.29 is 17.5 Å². The van der Waals surface area contributed by atoms with Crippen molar-refractivity contribution in [2.24, 2.45) is 17.3 Å².